The van der Waals surface area contributed by atoms with E-state index in [2.05, 4.69) is 27.7 Å². The van der Waals surface area contributed by atoms with Gasteiger partial charge in [-0.05, 0) is 37.0 Å². The molecule has 2 fully saturated rings. The van der Waals surface area contributed by atoms with Gasteiger partial charge in [-0.1, -0.05) is 27.7 Å². The van der Waals surface area contributed by atoms with Crippen LogP contribution in [0.5, 0.6) is 0 Å². The van der Waals surface area contributed by atoms with E-state index in [1.165, 1.54) is 12.8 Å². The third kappa shape index (κ3) is 5.05. The number of rotatable bonds is 6. The van der Waals surface area contributed by atoms with Crippen LogP contribution in [-0.4, -0.2) is 31.7 Å². The van der Waals surface area contributed by atoms with Crippen LogP contribution in [0.4, 0.5) is 0 Å². The van der Waals surface area contributed by atoms with Gasteiger partial charge in [0, 0.05) is 13.0 Å². The topological polar surface area (TPSA) is 27.7 Å². The zero-order chi connectivity index (χ0) is 13.9. The number of ether oxygens (including phenoxy) is 3. The van der Waals surface area contributed by atoms with Gasteiger partial charge >= 0.3 is 0 Å². The molecule has 0 aromatic rings. The Labute approximate surface area is 118 Å². The van der Waals surface area contributed by atoms with E-state index >= 15 is 0 Å². The third-order valence-corrected chi connectivity index (χ3v) is 4.06. The molecule has 0 spiro atoms. The van der Waals surface area contributed by atoms with Crippen molar-refractivity contribution in [2.75, 3.05) is 13.2 Å². The Morgan fingerprint density at radius 1 is 1.11 bits per heavy atom. The Balaban J connectivity index is 1.73. The van der Waals surface area contributed by atoms with Crippen LogP contribution in [-0.2, 0) is 14.2 Å². The van der Waals surface area contributed by atoms with Gasteiger partial charge in [-0.25, -0.2) is 0 Å². The Bertz CT molecular complexity index is 269. The molecule has 2 aliphatic heterocycles. The molecule has 0 amide bonds. The van der Waals surface area contributed by atoms with E-state index in [4.69, 9.17) is 14.2 Å². The maximum absolute atomic E-state index is 6.01. The molecule has 3 atom stereocenters. The fourth-order valence-corrected chi connectivity index (χ4v) is 3.24. The molecule has 2 rings (SSSR count). The number of hydrogen-bond acceptors (Lipinski definition) is 3. The summed E-state index contributed by atoms with van der Waals surface area (Å²) in [7, 11) is 0. The Morgan fingerprint density at radius 2 is 1.84 bits per heavy atom. The first-order chi connectivity index (χ1) is 8.94. The van der Waals surface area contributed by atoms with Gasteiger partial charge in [0.15, 0.2) is 6.29 Å². The quantitative estimate of drug-likeness (QED) is 0.735. The van der Waals surface area contributed by atoms with Crippen LogP contribution < -0.4 is 0 Å². The highest BCUT2D eigenvalue weighted by Gasteiger charge is 2.33. The minimum absolute atomic E-state index is 0.0172. The summed E-state index contributed by atoms with van der Waals surface area (Å²) in [5, 5.41) is 0. The Morgan fingerprint density at radius 3 is 2.47 bits per heavy atom. The van der Waals surface area contributed by atoms with Crippen molar-refractivity contribution in [3.63, 3.8) is 0 Å². The molecule has 3 unspecified atom stereocenters. The lowest BCUT2D eigenvalue weighted by Gasteiger charge is -2.29. The normalized spacial score (nSPS) is 32.4. The van der Waals surface area contributed by atoms with Crippen LogP contribution in [0.3, 0.4) is 0 Å². The van der Waals surface area contributed by atoms with Crippen molar-refractivity contribution in [2.45, 2.75) is 78.3 Å². The average molecular weight is 270 g/mol. The molecule has 19 heavy (non-hydrogen) atoms. The minimum Gasteiger partial charge on any atom is -0.378 e. The monoisotopic (exact) mass is 270 g/mol. The molecule has 0 aliphatic carbocycles. The van der Waals surface area contributed by atoms with Crippen LogP contribution in [0.25, 0.3) is 0 Å². The fraction of sp³-hybridized carbons (Fsp3) is 1.00. The first kappa shape index (κ1) is 15.3. The molecular formula is C16H30O3. The zero-order valence-electron chi connectivity index (χ0n) is 13.0. The first-order valence-electron chi connectivity index (χ1n) is 7.83. The van der Waals surface area contributed by atoms with Crippen LogP contribution >= 0.6 is 0 Å². The molecule has 3 heteroatoms. The predicted molar refractivity (Wildman–Crippen MR) is 76.1 cm³/mol. The summed E-state index contributed by atoms with van der Waals surface area (Å²) in [6.07, 6.45) is 6.40. The molecule has 2 heterocycles. The van der Waals surface area contributed by atoms with Crippen molar-refractivity contribution >= 4 is 0 Å². The van der Waals surface area contributed by atoms with Crippen LogP contribution in [0, 0.1) is 11.3 Å². The molecule has 0 N–H and O–H groups in total. The second-order valence-electron chi connectivity index (χ2n) is 7.36. The van der Waals surface area contributed by atoms with E-state index < -0.39 is 0 Å². The third-order valence-electron chi connectivity index (χ3n) is 4.06. The second kappa shape index (κ2) is 6.55. The minimum atomic E-state index is 0.0172. The van der Waals surface area contributed by atoms with Crippen molar-refractivity contribution in [2.24, 2.45) is 11.3 Å². The summed E-state index contributed by atoms with van der Waals surface area (Å²) in [5.74, 6) is 0.628. The van der Waals surface area contributed by atoms with Gasteiger partial charge in [-0.3, -0.25) is 0 Å². The van der Waals surface area contributed by atoms with E-state index in [1.54, 1.807) is 0 Å². The highest BCUT2D eigenvalue weighted by molar-refractivity contribution is 4.81. The molecule has 0 saturated carbocycles. The lowest BCUT2D eigenvalue weighted by Crippen LogP contribution is -2.27. The fourth-order valence-electron chi connectivity index (χ4n) is 3.24. The SMILES string of the molecule is CC(C)CC1OCC(CC(C)(C)CC2CCCO2)O1. The lowest BCUT2D eigenvalue weighted by molar-refractivity contribution is -0.0752. The zero-order valence-corrected chi connectivity index (χ0v) is 13.0. The van der Waals surface area contributed by atoms with Gasteiger partial charge in [0.05, 0.1) is 18.8 Å². The molecular weight excluding hydrogens is 240 g/mol. The highest BCUT2D eigenvalue weighted by atomic mass is 16.7. The Hall–Kier alpha value is -0.120. The van der Waals surface area contributed by atoms with Crippen LogP contribution in [0.2, 0.25) is 0 Å². The van der Waals surface area contributed by atoms with Gasteiger partial charge in [-0.15, -0.1) is 0 Å². The molecule has 0 radical (unpaired) electrons. The average Bonchev–Trinajstić information content (AvgIpc) is 2.88. The summed E-state index contributed by atoms with van der Waals surface area (Å²) >= 11 is 0. The molecule has 2 saturated heterocycles. The van der Waals surface area contributed by atoms with Gasteiger partial charge in [0.1, 0.15) is 0 Å². The molecule has 0 aromatic heterocycles. The largest absolute Gasteiger partial charge is 0.378 e. The van der Waals surface area contributed by atoms with Gasteiger partial charge in [0.25, 0.3) is 0 Å². The maximum atomic E-state index is 6.01. The van der Waals surface area contributed by atoms with E-state index in [0.29, 0.717) is 12.0 Å². The van der Waals surface area contributed by atoms with Crippen molar-refractivity contribution in [3.05, 3.63) is 0 Å². The van der Waals surface area contributed by atoms with Crippen molar-refractivity contribution < 1.29 is 14.2 Å². The first-order valence-corrected chi connectivity index (χ1v) is 7.83. The second-order valence-corrected chi connectivity index (χ2v) is 7.36. The van der Waals surface area contributed by atoms with E-state index in [9.17, 15) is 0 Å². The van der Waals surface area contributed by atoms with Gasteiger partial charge in [0.2, 0.25) is 0 Å². The standard InChI is InChI=1S/C16H30O3/c1-12(2)8-15-18-11-14(19-15)10-16(3,4)9-13-6-5-7-17-13/h12-15H,5-11H2,1-4H3. The van der Waals surface area contributed by atoms with Gasteiger partial charge < -0.3 is 14.2 Å². The van der Waals surface area contributed by atoms with E-state index in [-0.39, 0.29) is 17.8 Å². The summed E-state index contributed by atoms with van der Waals surface area (Å²) < 4.78 is 17.5. The smallest absolute Gasteiger partial charge is 0.158 e. The van der Waals surface area contributed by atoms with Crippen molar-refractivity contribution in [3.8, 4) is 0 Å². The van der Waals surface area contributed by atoms with E-state index in [0.717, 1.165) is 32.5 Å². The van der Waals surface area contributed by atoms with Crippen molar-refractivity contribution in [1.82, 2.24) is 0 Å². The number of hydrogen-bond donors (Lipinski definition) is 0. The van der Waals surface area contributed by atoms with E-state index in [1.807, 2.05) is 0 Å². The summed E-state index contributed by atoms with van der Waals surface area (Å²) in [6, 6.07) is 0. The van der Waals surface area contributed by atoms with Crippen LogP contribution in [0.15, 0.2) is 0 Å². The summed E-state index contributed by atoms with van der Waals surface area (Å²) in [4.78, 5) is 0. The molecule has 0 bridgehead atoms. The molecule has 112 valence electrons. The summed E-state index contributed by atoms with van der Waals surface area (Å²) in [6.45, 7) is 10.8. The molecule has 2 aliphatic rings. The lowest BCUT2D eigenvalue weighted by atomic mass is 9.81. The molecule has 0 aromatic carbocycles. The maximum Gasteiger partial charge on any atom is 0.158 e. The predicted octanol–water partition coefficient (Wildman–Crippen LogP) is 3.76. The van der Waals surface area contributed by atoms with Gasteiger partial charge in [-0.2, -0.15) is 0 Å². The van der Waals surface area contributed by atoms with Crippen LogP contribution in [0.1, 0.15) is 59.8 Å². The highest BCUT2D eigenvalue weighted by Crippen LogP contribution is 2.35. The van der Waals surface area contributed by atoms with Crippen molar-refractivity contribution in [1.29, 1.82) is 0 Å². The molecule has 3 nitrogen and oxygen atoms in total. The summed E-state index contributed by atoms with van der Waals surface area (Å²) in [5.41, 5.74) is 0.274. The Kier molecular flexibility index (Phi) is 5.27.